The van der Waals surface area contributed by atoms with E-state index >= 15 is 0 Å². The average molecular weight is 164 g/mol. The number of hydrogen-bond donors (Lipinski definition) is 3. The number of aliphatic hydroxyl groups is 3. The number of hydrogen-bond acceptors (Lipinski definition) is 5. The summed E-state index contributed by atoms with van der Waals surface area (Å²) in [6, 6.07) is 0. The standard InChI is InChI=1S/C6H12O5/c1-10-6-5(9)4(8)3(7)2-11-6/h3-9H,2H2,1H3/t3-,4+,5-,6+/m0/s1. The van der Waals surface area contributed by atoms with Gasteiger partial charge in [-0.3, -0.25) is 0 Å². The Kier molecular flexibility index (Phi) is 2.80. The van der Waals surface area contributed by atoms with Crippen LogP contribution >= 0.6 is 0 Å². The lowest BCUT2D eigenvalue weighted by molar-refractivity contribution is -0.261. The molecule has 0 aliphatic carbocycles. The minimum atomic E-state index is -1.19. The lowest BCUT2D eigenvalue weighted by Gasteiger charge is -2.33. The Morgan fingerprint density at radius 3 is 2.45 bits per heavy atom. The smallest absolute Gasteiger partial charge is 0.185 e. The molecule has 1 rings (SSSR count). The van der Waals surface area contributed by atoms with Crippen LogP contribution in [0.15, 0.2) is 0 Å². The third-order valence-electron chi connectivity index (χ3n) is 1.69. The van der Waals surface area contributed by atoms with E-state index in [0.717, 1.165) is 0 Å². The summed E-state index contributed by atoms with van der Waals surface area (Å²) in [4.78, 5) is 0. The van der Waals surface area contributed by atoms with Crippen molar-refractivity contribution in [3.8, 4) is 0 Å². The maximum Gasteiger partial charge on any atom is 0.185 e. The molecule has 0 aromatic rings. The molecule has 0 aromatic heterocycles. The second kappa shape index (κ2) is 3.46. The minimum absolute atomic E-state index is 0.0171. The zero-order valence-electron chi connectivity index (χ0n) is 6.17. The highest BCUT2D eigenvalue weighted by atomic mass is 16.7. The van der Waals surface area contributed by atoms with Gasteiger partial charge in [-0.2, -0.15) is 0 Å². The van der Waals surface area contributed by atoms with Crippen LogP contribution in [0.25, 0.3) is 0 Å². The van der Waals surface area contributed by atoms with Gasteiger partial charge in [0.05, 0.1) is 6.61 Å². The fourth-order valence-corrected chi connectivity index (χ4v) is 0.987. The van der Waals surface area contributed by atoms with Crippen molar-refractivity contribution in [2.75, 3.05) is 13.7 Å². The molecular formula is C6H12O5. The van der Waals surface area contributed by atoms with Gasteiger partial charge in [-0.15, -0.1) is 0 Å². The first-order chi connectivity index (χ1) is 5.16. The van der Waals surface area contributed by atoms with Crippen LogP contribution in [0.4, 0.5) is 0 Å². The second-order valence-electron chi connectivity index (χ2n) is 2.49. The van der Waals surface area contributed by atoms with Crippen LogP contribution in [-0.2, 0) is 9.47 Å². The van der Waals surface area contributed by atoms with Gasteiger partial charge in [-0.25, -0.2) is 0 Å². The fourth-order valence-electron chi connectivity index (χ4n) is 0.987. The SMILES string of the molecule is CO[C@@H]1OC[C@H](O)[C@@H](O)[C@@H]1O. The topological polar surface area (TPSA) is 79.2 Å². The first-order valence-electron chi connectivity index (χ1n) is 3.35. The van der Waals surface area contributed by atoms with Gasteiger partial charge < -0.3 is 24.8 Å². The molecule has 0 unspecified atom stereocenters. The van der Waals surface area contributed by atoms with Crippen LogP contribution in [0.3, 0.4) is 0 Å². The molecule has 1 heterocycles. The highest BCUT2D eigenvalue weighted by Gasteiger charge is 2.37. The first-order valence-corrected chi connectivity index (χ1v) is 3.35. The van der Waals surface area contributed by atoms with E-state index in [1.54, 1.807) is 0 Å². The van der Waals surface area contributed by atoms with Crippen molar-refractivity contribution in [1.29, 1.82) is 0 Å². The third kappa shape index (κ3) is 1.69. The van der Waals surface area contributed by atoms with E-state index in [1.807, 2.05) is 0 Å². The van der Waals surface area contributed by atoms with Crippen molar-refractivity contribution < 1.29 is 24.8 Å². The number of ether oxygens (including phenoxy) is 2. The van der Waals surface area contributed by atoms with Crippen LogP contribution in [0.1, 0.15) is 0 Å². The Morgan fingerprint density at radius 2 is 1.91 bits per heavy atom. The van der Waals surface area contributed by atoms with E-state index in [0.29, 0.717) is 0 Å². The van der Waals surface area contributed by atoms with Crippen LogP contribution in [-0.4, -0.2) is 53.6 Å². The van der Waals surface area contributed by atoms with Crippen LogP contribution < -0.4 is 0 Å². The zero-order chi connectivity index (χ0) is 8.43. The predicted molar refractivity (Wildman–Crippen MR) is 34.8 cm³/mol. The van der Waals surface area contributed by atoms with Gasteiger partial charge >= 0.3 is 0 Å². The number of methoxy groups -OCH3 is 1. The van der Waals surface area contributed by atoms with Crippen molar-refractivity contribution in [1.82, 2.24) is 0 Å². The summed E-state index contributed by atoms with van der Waals surface area (Å²) in [5.74, 6) is 0. The molecule has 1 saturated heterocycles. The van der Waals surface area contributed by atoms with Gasteiger partial charge in [0.1, 0.15) is 18.3 Å². The molecule has 0 spiro atoms. The quantitative estimate of drug-likeness (QED) is 0.420. The molecule has 1 fully saturated rings. The maximum atomic E-state index is 9.15. The molecule has 3 N–H and O–H groups in total. The minimum Gasteiger partial charge on any atom is -0.388 e. The zero-order valence-corrected chi connectivity index (χ0v) is 6.17. The van der Waals surface area contributed by atoms with Crippen molar-refractivity contribution in [3.05, 3.63) is 0 Å². The first kappa shape index (κ1) is 8.89. The van der Waals surface area contributed by atoms with Gasteiger partial charge in [-0.1, -0.05) is 0 Å². The molecule has 11 heavy (non-hydrogen) atoms. The van der Waals surface area contributed by atoms with Gasteiger partial charge in [-0.05, 0) is 0 Å². The van der Waals surface area contributed by atoms with Gasteiger partial charge in [0.15, 0.2) is 6.29 Å². The van der Waals surface area contributed by atoms with Crippen molar-refractivity contribution >= 4 is 0 Å². The lowest BCUT2D eigenvalue weighted by atomic mass is 10.1. The normalized spacial score (nSPS) is 45.8. The molecule has 1 aliphatic heterocycles. The number of aliphatic hydroxyl groups excluding tert-OH is 3. The highest BCUT2D eigenvalue weighted by molar-refractivity contribution is 4.81. The largest absolute Gasteiger partial charge is 0.388 e. The van der Waals surface area contributed by atoms with Crippen molar-refractivity contribution in [2.24, 2.45) is 0 Å². The van der Waals surface area contributed by atoms with Crippen molar-refractivity contribution in [2.45, 2.75) is 24.6 Å². The molecule has 5 heteroatoms. The third-order valence-corrected chi connectivity index (χ3v) is 1.69. The highest BCUT2D eigenvalue weighted by Crippen LogP contribution is 2.15. The van der Waals surface area contributed by atoms with E-state index < -0.39 is 24.6 Å². The molecule has 0 saturated carbocycles. The van der Waals surface area contributed by atoms with Gasteiger partial charge in [0.25, 0.3) is 0 Å². The van der Waals surface area contributed by atoms with E-state index in [1.165, 1.54) is 7.11 Å². The van der Waals surface area contributed by atoms with Crippen LogP contribution in [0.2, 0.25) is 0 Å². The Morgan fingerprint density at radius 1 is 1.27 bits per heavy atom. The molecule has 66 valence electrons. The monoisotopic (exact) mass is 164 g/mol. The summed E-state index contributed by atoms with van der Waals surface area (Å²) < 4.78 is 9.52. The van der Waals surface area contributed by atoms with E-state index in [9.17, 15) is 0 Å². The molecule has 1 aliphatic rings. The second-order valence-corrected chi connectivity index (χ2v) is 2.49. The van der Waals surface area contributed by atoms with Crippen LogP contribution in [0.5, 0.6) is 0 Å². The molecule has 0 radical (unpaired) electrons. The molecule has 0 bridgehead atoms. The van der Waals surface area contributed by atoms with Crippen molar-refractivity contribution in [3.63, 3.8) is 0 Å². The molecule has 5 nitrogen and oxygen atoms in total. The Hall–Kier alpha value is -0.200. The fraction of sp³-hybridized carbons (Fsp3) is 1.00. The van der Waals surface area contributed by atoms with E-state index in [2.05, 4.69) is 4.74 Å². The number of rotatable bonds is 1. The van der Waals surface area contributed by atoms with Gasteiger partial charge in [0.2, 0.25) is 0 Å². The Bertz CT molecular complexity index is 126. The lowest BCUT2D eigenvalue weighted by Crippen LogP contribution is -2.53. The van der Waals surface area contributed by atoms with E-state index in [-0.39, 0.29) is 6.61 Å². The van der Waals surface area contributed by atoms with E-state index in [4.69, 9.17) is 20.1 Å². The summed E-state index contributed by atoms with van der Waals surface area (Å²) in [6.07, 6.45) is -4.23. The summed E-state index contributed by atoms with van der Waals surface area (Å²) in [7, 11) is 1.36. The summed E-state index contributed by atoms with van der Waals surface area (Å²) in [5, 5.41) is 27.2. The summed E-state index contributed by atoms with van der Waals surface area (Å²) in [6.45, 7) is -0.0171. The summed E-state index contributed by atoms with van der Waals surface area (Å²) >= 11 is 0. The molecule has 4 atom stereocenters. The predicted octanol–water partition coefficient (Wildman–Crippen LogP) is -1.93. The Labute approximate surface area is 64.2 Å². The maximum absolute atomic E-state index is 9.15. The summed E-state index contributed by atoms with van der Waals surface area (Å²) in [5.41, 5.74) is 0. The Balaban J connectivity index is 2.52. The average Bonchev–Trinajstić information content (AvgIpc) is 2.01. The molecule has 0 amide bonds. The van der Waals surface area contributed by atoms with Crippen LogP contribution in [0, 0.1) is 0 Å². The molecular weight excluding hydrogens is 152 g/mol. The molecule has 0 aromatic carbocycles. The van der Waals surface area contributed by atoms with Gasteiger partial charge in [0, 0.05) is 7.11 Å².